The third-order valence-electron chi connectivity index (χ3n) is 3.63. The van der Waals surface area contributed by atoms with Crippen LogP contribution in [0.5, 0.6) is 11.5 Å². The summed E-state index contributed by atoms with van der Waals surface area (Å²) in [4.78, 5) is 5.81. The molecule has 0 unspecified atom stereocenters. The third-order valence-corrected chi connectivity index (χ3v) is 4.56. The number of hydrogen-bond acceptors (Lipinski definition) is 4. The number of hydrogen-bond donors (Lipinski definition) is 2. The molecule has 1 heterocycles. The van der Waals surface area contributed by atoms with Gasteiger partial charge in [0, 0.05) is 18.0 Å². The molecule has 0 amide bonds. The molecule has 0 radical (unpaired) electrons. The molecule has 0 atom stereocenters. The molecule has 2 aromatic rings. The molecule has 0 fully saturated rings. The monoisotopic (exact) mass is 415 g/mol. The first kappa shape index (κ1) is 21.9. The van der Waals surface area contributed by atoms with Crippen molar-refractivity contribution in [2.45, 2.75) is 26.1 Å². The SMILES string of the molecule is CCNC(=NCc1ccc(OCC(F)(F)F)c(OC)c1)NCCc1cccs1. The molecule has 0 aliphatic carbocycles. The number of guanidine groups is 1. The van der Waals surface area contributed by atoms with Gasteiger partial charge in [0.25, 0.3) is 0 Å². The van der Waals surface area contributed by atoms with Gasteiger partial charge in [0.15, 0.2) is 24.1 Å². The van der Waals surface area contributed by atoms with Crippen LogP contribution >= 0.6 is 11.3 Å². The predicted octanol–water partition coefficient (Wildman–Crippen LogP) is 4.00. The molecule has 1 aromatic carbocycles. The normalized spacial score (nSPS) is 12.0. The number of nitrogens with one attached hydrogen (secondary N) is 2. The summed E-state index contributed by atoms with van der Waals surface area (Å²) in [7, 11) is 1.39. The Morgan fingerprint density at radius 1 is 1.18 bits per heavy atom. The average Bonchev–Trinajstić information content (AvgIpc) is 3.17. The number of rotatable bonds is 9. The summed E-state index contributed by atoms with van der Waals surface area (Å²) < 4.78 is 46.9. The summed E-state index contributed by atoms with van der Waals surface area (Å²) in [6, 6.07) is 8.88. The molecule has 0 bridgehead atoms. The van der Waals surface area contributed by atoms with E-state index in [0.717, 1.165) is 25.1 Å². The van der Waals surface area contributed by atoms with E-state index in [-0.39, 0.29) is 11.5 Å². The van der Waals surface area contributed by atoms with Crippen molar-refractivity contribution in [3.63, 3.8) is 0 Å². The second-order valence-electron chi connectivity index (χ2n) is 5.84. The lowest BCUT2D eigenvalue weighted by Gasteiger charge is -2.14. The number of alkyl halides is 3. The highest BCUT2D eigenvalue weighted by molar-refractivity contribution is 7.09. The van der Waals surface area contributed by atoms with E-state index in [1.807, 2.05) is 18.4 Å². The Kier molecular flexibility index (Phi) is 8.43. The molecular formula is C19H24F3N3O2S. The lowest BCUT2D eigenvalue weighted by molar-refractivity contribution is -0.153. The molecule has 0 saturated carbocycles. The topological polar surface area (TPSA) is 54.9 Å². The molecule has 0 aliphatic heterocycles. The number of methoxy groups -OCH3 is 1. The van der Waals surface area contributed by atoms with E-state index in [1.165, 1.54) is 18.1 Å². The minimum atomic E-state index is -4.40. The first-order chi connectivity index (χ1) is 13.4. The summed E-state index contributed by atoms with van der Waals surface area (Å²) in [5.41, 5.74) is 0.798. The van der Waals surface area contributed by atoms with Crippen molar-refractivity contribution in [1.29, 1.82) is 0 Å². The highest BCUT2D eigenvalue weighted by Crippen LogP contribution is 2.30. The predicted molar refractivity (Wildman–Crippen MR) is 105 cm³/mol. The van der Waals surface area contributed by atoms with E-state index in [0.29, 0.717) is 12.5 Å². The van der Waals surface area contributed by atoms with Crippen LogP contribution in [0.3, 0.4) is 0 Å². The van der Waals surface area contributed by atoms with Crippen LogP contribution in [0.2, 0.25) is 0 Å². The van der Waals surface area contributed by atoms with Gasteiger partial charge < -0.3 is 20.1 Å². The van der Waals surface area contributed by atoms with Crippen LogP contribution in [0, 0.1) is 0 Å². The Morgan fingerprint density at radius 2 is 2.00 bits per heavy atom. The summed E-state index contributed by atoms with van der Waals surface area (Å²) in [6.45, 7) is 2.44. The Hall–Kier alpha value is -2.42. The number of thiophene rings is 1. The molecular weight excluding hydrogens is 391 g/mol. The summed E-state index contributed by atoms with van der Waals surface area (Å²) in [6.07, 6.45) is -3.50. The second-order valence-corrected chi connectivity index (χ2v) is 6.87. The van der Waals surface area contributed by atoms with Gasteiger partial charge in [-0.25, -0.2) is 4.99 Å². The standard InChI is InChI=1S/C19H24F3N3O2S/c1-3-23-18(24-9-8-15-5-4-10-28-15)25-12-14-6-7-16(17(11-14)26-2)27-13-19(20,21)22/h4-7,10-11H,3,8-9,12-13H2,1-2H3,(H2,23,24,25). The van der Waals surface area contributed by atoms with Crippen LogP contribution in [0.25, 0.3) is 0 Å². The number of benzene rings is 1. The van der Waals surface area contributed by atoms with Crippen molar-refractivity contribution >= 4 is 17.3 Å². The summed E-state index contributed by atoms with van der Waals surface area (Å²) in [5, 5.41) is 8.49. The van der Waals surface area contributed by atoms with Gasteiger partial charge in [-0.1, -0.05) is 12.1 Å². The van der Waals surface area contributed by atoms with Crippen LogP contribution in [0.15, 0.2) is 40.7 Å². The molecule has 1 aromatic heterocycles. The van der Waals surface area contributed by atoms with E-state index in [1.54, 1.807) is 23.5 Å². The van der Waals surface area contributed by atoms with Crippen LogP contribution in [-0.2, 0) is 13.0 Å². The van der Waals surface area contributed by atoms with E-state index in [2.05, 4.69) is 21.7 Å². The highest BCUT2D eigenvalue weighted by Gasteiger charge is 2.29. The molecule has 5 nitrogen and oxygen atoms in total. The zero-order chi connectivity index (χ0) is 20.4. The molecule has 2 rings (SSSR count). The van der Waals surface area contributed by atoms with Gasteiger partial charge in [-0.3, -0.25) is 0 Å². The lowest BCUT2D eigenvalue weighted by atomic mass is 10.2. The molecule has 28 heavy (non-hydrogen) atoms. The average molecular weight is 415 g/mol. The Balaban J connectivity index is 1.96. The Labute approximate surface area is 166 Å². The third kappa shape index (κ3) is 7.67. The van der Waals surface area contributed by atoms with Crippen LogP contribution in [0.1, 0.15) is 17.4 Å². The van der Waals surface area contributed by atoms with Gasteiger partial charge in [-0.15, -0.1) is 11.3 Å². The van der Waals surface area contributed by atoms with Gasteiger partial charge in [0.05, 0.1) is 13.7 Å². The van der Waals surface area contributed by atoms with E-state index >= 15 is 0 Å². The second kappa shape index (κ2) is 10.8. The van der Waals surface area contributed by atoms with E-state index < -0.39 is 12.8 Å². The minimum Gasteiger partial charge on any atom is -0.493 e. The fraction of sp³-hybridized carbons (Fsp3) is 0.421. The van der Waals surface area contributed by atoms with Crippen molar-refractivity contribution < 1.29 is 22.6 Å². The smallest absolute Gasteiger partial charge is 0.422 e. The first-order valence-corrected chi connectivity index (χ1v) is 9.70. The fourth-order valence-electron chi connectivity index (χ4n) is 2.36. The van der Waals surface area contributed by atoms with Gasteiger partial charge in [-0.05, 0) is 42.5 Å². The van der Waals surface area contributed by atoms with Gasteiger partial charge in [0.2, 0.25) is 0 Å². The molecule has 9 heteroatoms. The minimum absolute atomic E-state index is 0.0496. The van der Waals surface area contributed by atoms with Crippen molar-refractivity contribution in [2.24, 2.45) is 4.99 Å². The number of ether oxygens (including phenoxy) is 2. The zero-order valence-electron chi connectivity index (χ0n) is 15.8. The lowest BCUT2D eigenvalue weighted by Crippen LogP contribution is -2.38. The molecule has 0 spiro atoms. The first-order valence-electron chi connectivity index (χ1n) is 8.82. The molecule has 154 valence electrons. The highest BCUT2D eigenvalue weighted by atomic mass is 32.1. The largest absolute Gasteiger partial charge is 0.493 e. The summed E-state index contributed by atoms with van der Waals surface area (Å²) >= 11 is 1.71. The molecule has 0 aliphatic rings. The molecule has 2 N–H and O–H groups in total. The van der Waals surface area contributed by atoms with Crippen LogP contribution in [0.4, 0.5) is 13.2 Å². The maximum atomic E-state index is 12.3. The number of halogens is 3. The van der Waals surface area contributed by atoms with Crippen molar-refractivity contribution in [2.75, 3.05) is 26.8 Å². The Bertz CT molecular complexity index is 749. The molecule has 0 saturated heterocycles. The van der Waals surface area contributed by atoms with Gasteiger partial charge in [-0.2, -0.15) is 13.2 Å². The quantitative estimate of drug-likeness (QED) is 0.480. The zero-order valence-corrected chi connectivity index (χ0v) is 16.6. The Morgan fingerprint density at radius 3 is 2.64 bits per heavy atom. The fourth-order valence-corrected chi connectivity index (χ4v) is 3.07. The maximum absolute atomic E-state index is 12.3. The summed E-state index contributed by atoms with van der Waals surface area (Å²) in [5.74, 6) is 0.969. The van der Waals surface area contributed by atoms with Crippen molar-refractivity contribution in [1.82, 2.24) is 10.6 Å². The van der Waals surface area contributed by atoms with Gasteiger partial charge >= 0.3 is 6.18 Å². The maximum Gasteiger partial charge on any atom is 0.422 e. The van der Waals surface area contributed by atoms with Crippen molar-refractivity contribution in [3.8, 4) is 11.5 Å². The number of aliphatic imine (C=N–C) groups is 1. The van der Waals surface area contributed by atoms with Crippen molar-refractivity contribution in [3.05, 3.63) is 46.2 Å². The van der Waals surface area contributed by atoms with Gasteiger partial charge in [0.1, 0.15) is 0 Å². The van der Waals surface area contributed by atoms with Crippen LogP contribution in [-0.4, -0.2) is 38.9 Å². The van der Waals surface area contributed by atoms with Crippen LogP contribution < -0.4 is 20.1 Å². The van der Waals surface area contributed by atoms with E-state index in [9.17, 15) is 13.2 Å². The van der Waals surface area contributed by atoms with E-state index in [4.69, 9.17) is 9.47 Å². The number of nitrogens with zero attached hydrogens (tertiary/aromatic N) is 1.